The Bertz CT molecular complexity index is 460. The molecule has 1 heterocycles. The fourth-order valence-electron chi connectivity index (χ4n) is 3.29. The lowest BCUT2D eigenvalue weighted by molar-refractivity contribution is 0.00175. The topological polar surface area (TPSA) is 24.5 Å². The molecule has 3 nitrogen and oxygen atoms in total. The SMILES string of the molecule is CN(CC1CNCCO1)C1CCc2cc(Br)ccc2C1. The summed E-state index contributed by atoms with van der Waals surface area (Å²) in [5.41, 5.74) is 3.03. The molecule has 0 amide bonds. The standard InChI is InChI=1S/C16H23BrN2O/c1-19(11-16-10-18-6-7-20-16)15-5-3-12-8-14(17)4-2-13(12)9-15/h2,4,8,15-16,18H,3,5-7,9-11H2,1H3. The molecule has 110 valence electrons. The predicted molar refractivity (Wildman–Crippen MR) is 85.2 cm³/mol. The van der Waals surface area contributed by atoms with Crippen LogP contribution in [-0.2, 0) is 17.6 Å². The zero-order valence-corrected chi connectivity index (χ0v) is 13.7. The molecule has 1 aromatic carbocycles. The number of nitrogens with zero attached hydrogens (tertiary/aromatic N) is 1. The number of likely N-dealkylation sites (N-methyl/N-ethyl adjacent to an activating group) is 1. The van der Waals surface area contributed by atoms with Gasteiger partial charge in [0.05, 0.1) is 12.7 Å². The number of aryl methyl sites for hydroxylation is 1. The van der Waals surface area contributed by atoms with Crippen LogP contribution in [0, 0.1) is 0 Å². The van der Waals surface area contributed by atoms with Gasteiger partial charge in [0.15, 0.2) is 0 Å². The maximum atomic E-state index is 5.81. The molecule has 0 saturated carbocycles. The van der Waals surface area contributed by atoms with Crippen LogP contribution in [0.25, 0.3) is 0 Å². The van der Waals surface area contributed by atoms with Crippen molar-refractivity contribution in [1.29, 1.82) is 0 Å². The van der Waals surface area contributed by atoms with Crippen molar-refractivity contribution < 1.29 is 4.74 Å². The van der Waals surface area contributed by atoms with E-state index >= 15 is 0 Å². The first kappa shape index (κ1) is 14.5. The van der Waals surface area contributed by atoms with Gasteiger partial charge in [-0.3, -0.25) is 0 Å². The molecule has 2 atom stereocenters. The highest BCUT2D eigenvalue weighted by Crippen LogP contribution is 2.27. The summed E-state index contributed by atoms with van der Waals surface area (Å²) in [5, 5.41) is 3.41. The van der Waals surface area contributed by atoms with Gasteiger partial charge in [0.2, 0.25) is 0 Å². The smallest absolute Gasteiger partial charge is 0.0826 e. The molecular weight excluding hydrogens is 316 g/mol. The maximum Gasteiger partial charge on any atom is 0.0826 e. The van der Waals surface area contributed by atoms with Gasteiger partial charge >= 0.3 is 0 Å². The Hall–Kier alpha value is -0.420. The summed E-state index contributed by atoms with van der Waals surface area (Å²) in [7, 11) is 2.24. The van der Waals surface area contributed by atoms with Gasteiger partial charge in [-0.1, -0.05) is 22.0 Å². The summed E-state index contributed by atoms with van der Waals surface area (Å²) in [6.07, 6.45) is 3.95. The quantitative estimate of drug-likeness (QED) is 0.914. The van der Waals surface area contributed by atoms with Crippen molar-refractivity contribution in [2.45, 2.75) is 31.4 Å². The molecule has 2 unspecified atom stereocenters. The molecule has 1 fully saturated rings. The van der Waals surface area contributed by atoms with Crippen molar-refractivity contribution in [3.05, 3.63) is 33.8 Å². The van der Waals surface area contributed by atoms with Crippen LogP contribution in [0.5, 0.6) is 0 Å². The Kier molecular flexibility index (Phi) is 4.76. The third-order valence-electron chi connectivity index (χ3n) is 4.49. The van der Waals surface area contributed by atoms with Crippen LogP contribution in [0.3, 0.4) is 0 Å². The summed E-state index contributed by atoms with van der Waals surface area (Å²) in [6.45, 7) is 3.86. The lowest BCUT2D eigenvalue weighted by atomic mass is 9.87. The van der Waals surface area contributed by atoms with E-state index in [4.69, 9.17) is 4.74 Å². The molecule has 1 aromatic rings. The van der Waals surface area contributed by atoms with Crippen molar-refractivity contribution in [2.75, 3.05) is 33.3 Å². The Balaban J connectivity index is 1.59. The molecule has 4 heteroatoms. The number of halogens is 1. The number of rotatable bonds is 3. The van der Waals surface area contributed by atoms with Crippen molar-refractivity contribution >= 4 is 15.9 Å². The Morgan fingerprint density at radius 3 is 3.10 bits per heavy atom. The fraction of sp³-hybridized carbons (Fsp3) is 0.625. The van der Waals surface area contributed by atoms with E-state index in [0.29, 0.717) is 12.1 Å². The van der Waals surface area contributed by atoms with Gasteiger partial charge in [-0.15, -0.1) is 0 Å². The third kappa shape index (κ3) is 3.42. The maximum absolute atomic E-state index is 5.81. The van der Waals surface area contributed by atoms with Crippen molar-refractivity contribution in [3.8, 4) is 0 Å². The van der Waals surface area contributed by atoms with Gasteiger partial charge in [-0.05, 0) is 49.6 Å². The lowest BCUT2D eigenvalue weighted by Crippen LogP contribution is -2.47. The second-order valence-electron chi connectivity index (χ2n) is 5.95. The Morgan fingerprint density at radius 1 is 1.40 bits per heavy atom. The van der Waals surface area contributed by atoms with Crippen molar-refractivity contribution in [1.82, 2.24) is 10.2 Å². The van der Waals surface area contributed by atoms with E-state index in [9.17, 15) is 0 Å². The molecule has 1 aliphatic carbocycles. The van der Waals surface area contributed by atoms with Crippen LogP contribution < -0.4 is 5.32 Å². The second kappa shape index (κ2) is 6.56. The van der Waals surface area contributed by atoms with E-state index in [1.54, 1.807) is 0 Å². The number of nitrogens with one attached hydrogen (secondary N) is 1. The zero-order chi connectivity index (χ0) is 13.9. The van der Waals surface area contributed by atoms with E-state index in [1.807, 2.05) is 0 Å². The van der Waals surface area contributed by atoms with Gasteiger partial charge in [0.1, 0.15) is 0 Å². The number of morpholine rings is 1. The van der Waals surface area contributed by atoms with E-state index in [2.05, 4.69) is 51.4 Å². The molecule has 0 aromatic heterocycles. The first-order valence-corrected chi connectivity index (χ1v) is 8.31. The van der Waals surface area contributed by atoms with Gasteiger partial charge in [0.25, 0.3) is 0 Å². The molecule has 3 rings (SSSR count). The molecular formula is C16H23BrN2O. The first-order chi connectivity index (χ1) is 9.72. The highest BCUT2D eigenvalue weighted by atomic mass is 79.9. The van der Waals surface area contributed by atoms with E-state index < -0.39 is 0 Å². The second-order valence-corrected chi connectivity index (χ2v) is 6.86. The van der Waals surface area contributed by atoms with Crippen LogP contribution in [0.2, 0.25) is 0 Å². The lowest BCUT2D eigenvalue weighted by Gasteiger charge is -2.35. The molecule has 1 aliphatic heterocycles. The van der Waals surface area contributed by atoms with Crippen molar-refractivity contribution in [2.24, 2.45) is 0 Å². The minimum atomic E-state index is 0.347. The third-order valence-corrected chi connectivity index (χ3v) is 4.98. The summed E-state index contributed by atoms with van der Waals surface area (Å²) < 4.78 is 7.01. The number of benzene rings is 1. The fourth-order valence-corrected chi connectivity index (χ4v) is 3.70. The van der Waals surface area contributed by atoms with Crippen molar-refractivity contribution in [3.63, 3.8) is 0 Å². The van der Waals surface area contributed by atoms with Crippen LogP contribution >= 0.6 is 15.9 Å². The molecule has 20 heavy (non-hydrogen) atoms. The number of ether oxygens (including phenoxy) is 1. The zero-order valence-electron chi connectivity index (χ0n) is 12.1. The van der Waals surface area contributed by atoms with Crippen LogP contribution in [0.15, 0.2) is 22.7 Å². The largest absolute Gasteiger partial charge is 0.374 e. The summed E-state index contributed by atoms with van der Waals surface area (Å²) in [4.78, 5) is 2.49. The van der Waals surface area contributed by atoms with E-state index in [0.717, 1.165) is 26.2 Å². The Morgan fingerprint density at radius 2 is 2.30 bits per heavy atom. The molecule has 0 bridgehead atoms. The van der Waals surface area contributed by atoms with Gasteiger partial charge in [-0.25, -0.2) is 0 Å². The number of hydrogen-bond donors (Lipinski definition) is 1. The van der Waals surface area contributed by atoms with Gasteiger partial charge in [0, 0.05) is 30.1 Å². The molecule has 1 N–H and O–H groups in total. The molecule has 2 aliphatic rings. The molecule has 0 radical (unpaired) electrons. The van der Waals surface area contributed by atoms with E-state index in [-0.39, 0.29) is 0 Å². The highest BCUT2D eigenvalue weighted by Gasteiger charge is 2.24. The highest BCUT2D eigenvalue weighted by molar-refractivity contribution is 9.10. The first-order valence-electron chi connectivity index (χ1n) is 7.52. The monoisotopic (exact) mass is 338 g/mol. The summed E-state index contributed by atoms with van der Waals surface area (Å²) in [5.74, 6) is 0. The minimum Gasteiger partial charge on any atom is -0.374 e. The number of hydrogen-bond acceptors (Lipinski definition) is 3. The molecule has 1 saturated heterocycles. The Labute approximate surface area is 129 Å². The van der Waals surface area contributed by atoms with Crippen LogP contribution in [0.4, 0.5) is 0 Å². The summed E-state index contributed by atoms with van der Waals surface area (Å²) in [6, 6.07) is 7.36. The van der Waals surface area contributed by atoms with Crippen LogP contribution in [0.1, 0.15) is 17.5 Å². The van der Waals surface area contributed by atoms with Crippen LogP contribution in [-0.4, -0.2) is 50.3 Å². The normalized spacial score (nSPS) is 26.6. The average Bonchev–Trinajstić information content (AvgIpc) is 2.47. The van der Waals surface area contributed by atoms with E-state index in [1.165, 1.54) is 34.9 Å². The average molecular weight is 339 g/mol. The predicted octanol–water partition coefficient (Wildman–Crippen LogP) is 2.23. The summed E-state index contributed by atoms with van der Waals surface area (Å²) >= 11 is 3.57. The molecule has 0 spiro atoms. The van der Waals surface area contributed by atoms with Gasteiger partial charge in [-0.2, -0.15) is 0 Å². The minimum absolute atomic E-state index is 0.347. The number of fused-ring (bicyclic) bond motifs is 1. The van der Waals surface area contributed by atoms with Gasteiger partial charge < -0.3 is 15.0 Å².